The van der Waals surface area contributed by atoms with Crippen LogP contribution in [0.2, 0.25) is 0 Å². The second-order valence-electron chi connectivity index (χ2n) is 4.32. The third-order valence-corrected chi connectivity index (χ3v) is 3.18. The fourth-order valence-electron chi connectivity index (χ4n) is 2.20. The molecule has 0 aromatic carbocycles. The number of ether oxygens (including phenoxy) is 1. The van der Waals surface area contributed by atoms with Crippen molar-refractivity contribution < 1.29 is 9.53 Å². The lowest BCUT2D eigenvalue weighted by Gasteiger charge is -2.37. The van der Waals surface area contributed by atoms with Crippen LogP contribution >= 0.6 is 0 Å². The molecule has 1 rings (SSSR count). The summed E-state index contributed by atoms with van der Waals surface area (Å²) in [5, 5.41) is 2.59. The molecule has 3 N–H and O–H groups in total. The lowest BCUT2D eigenvalue weighted by molar-refractivity contribution is -0.148. The number of likely N-dealkylation sites (N-methyl/N-ethyl adjacent to an activating group) is 1. The molecule has 88 valence electrons. The van der Waals surface area contributed by atoms with Gasteiger partial charge in [-0.1, -0.05) is 19.3 Å². The number of rotatable bonds is 4. The van der Waals surface area contributed by atoms with Crippen LogP contribution in [-0.2, 0) is 9.53 Å². The predicted octanol–water partition coefficient (Wildman–Crippen LogP) is 0.799. The molecule has 15 heavy (non-hydrogen) atoms. The average Bonchev–Trinajstić information content (AvgIpc) is 2.29. The zero-order chi connectivity index (χ0) is 11.3. The van der Waals surface area contributed by atoms with Crippen molar-refractivity contribution in [2.45, 2.75) is 50.7 Å². The summed E-state index contributed by atoms with van der Waals surface area (Å²) >= 11 is 0. The Kier molecular flexibility index (Phi) is 4.54. The van der Waals surface area contributed by atoms with Crippen LogP contribution < -0.4 is 11.1 Å². The highest BCUT2D eigenvalue weighted by atomic mass is 16.5. The van der Waals surface area contributed by atoms with Gasteiger partial charge in [0.25, 0.3) is 0 Å². The SMILES string of the molecule is CNC(=O)C(C)OC1(CN)CCCCC1. The van der Waals surface area contributed by atoms with E-state index in [0.717, 1.165) is 25.7 Å². The first-order valence-electron chi connectivity index (χ1n) is 5.73. The molecule has 1 atom stereocenters. The van der Waals surface area contributed by atoms with E-state index in [4.69, 9.17) is 10.5 Å². The van der Waals surface area contributed by atoms with Crippen molar-refractivity contribution in [3.05, 3.63) is 0 Å². The van der Waals surface area contributed by atoms with E-state index in [1.54, 1.807) is 14.0 Å². The molecular weight excluding hydrogens is 192 g/mol. The summed E-state index contributed by atoms with van der Waals surface area (Å²) in [5.74, 6) is -0.0756. The number of nitrogens with two attached hydrogens (primary N) is 1. The van der Waals surface area contributed by atoms with Crippen LogP contribution in [0.5, 0.6) is 0 Å². The third kappa shape index (κ3) is 3.18. The summed E-state index contributed by atoms with van der Waals surface area (Å²) in [4.78, 5) is 11.4. The number of amides is 1. The highest BCUT2D eigenvalue weighted by Gasteiger charge is 2.34. The number of hydrogen-bond donors (Lipinski definition) is 2. The van der Waals surface area contributed by atoms with Crippen LogP contribution in [0.25, 0.3) is 0 Å². The van der Waals surface area contributed by atoms with Gasteiger partial charge in [-0.25, -0.2) is 0 Å². The number of hydrogen-bond acceptors (Lipinski definition) is 3. The van der Waals surface area contributed by atoms with Crippen molar-refractivity contribution >= 4 is 5.91 Å². The number of carbonyl (C=O) groups excluding carboxylic acids is 1. The van der Waals surface area contributed by atoms with Crippen molar-refractivity contribution in [3.8, 4) is 0 Å². The third-order valence-electron chi connectivity index (χ3n) is 3.18. The van der Waals surface area contributed by atoms with Gasteiger partial charge >= 0.3 is 0 Å². The molecule has 1 amide bonds. The van der Waals surface area contributed by atoms with Gasteiger partial charge in [-0.3, -0.25) is 4.79 Å². The normalized spacial score (nSPS) is 22.1. The largest absolute Gasteiger partial charge is 0.361 e. The molecule has 4 nitrogen and oxygen atoms in total. The molecule has 0 aliphatic heterocycles. The molecule has 0 saturated heterocycles. The predicted molar refractivity (Wildman–Crippen MR) is 59.5 cm³/mol. The van der Waals surface area contributed by atoms with Crippen LogP contribution in [0.15, 0.2) is 0 Å². The molecule has 0 spiro atoms. The molecule has 0 aromatic rings. The average molecular weight is 214 g/mol. The summed E-state index contributed by atoms with van der Waals surface area (Å²) in [6.45, 7) is 2.29. The van der Waals surface area contributed by atoms with Gasteiger partial charge in [0.05, 0.1) is 5.60 Å². The van der Waals surface area contributed by atoms with Crippen LogP contribution in [-0.4, -0.2) is 31.2 Å². The Morgan fingerprint density at radius 3 is 2.53 bits per heavy atom. The van der Waals surface area contributed by atoms with Crippen LogP contribution in [0.1, 0.15) is 39.0 Å². The highest BCUT2D eigenvalue weighted by molar-refractivity contribution is 5.80. The van der Waals surface area contributed by atoms with Crippen LogP contribution in [0.4, 0.5) is 0 Å². The molecule has 0 bridgehead atoms. The summed E-state index contributed by atoms with van der Waals surface area (Å²) in [5.41, 5.74) is 5.51. The van der Waals surface area contributed by atoms with E-state index in [1.165, 1.54) is 6.42 Å². The van der Waals surface area contributed by atoms with Crippen LogP contribution in [0.3, 0.4) is 0 Å². The van der Waals surface area contributed by atoms with E-state index < -0.39 is 6.10 Å². The van der Waals surface area contributed by atoms with Crippen molar-refractivity contribution in [2.24, 2.45) is 5.73 Å². The van der Waals surface area contributed by atoms with E-state index >= 15 is 0 Å². The first-order valence-corrected chi connectivity index (χ1v) is 5.73. The van der Waals surface area contributed by atoms with Gasteiger partial charge in [-0.15, -0.1) is 0 Å². The second-order valence-corrected chi connectivity index (χ2v) is 4.32. The van der Waals surface area contributed by atoms with E-state index in [0.29, 0.717) is 6.54 Å². The fraction of sp³-hybridized carbons (Fsp3) is 0.909. The minimum absolute atomic E-state index is 0.0756. The van der Waals surface area contributed by atoms with E-state index in [-0.39, 0.29) is 11.5 Å². The van der Waals surface area contributed by atoms with Gasteiger partial charge in [0.2, 0.25) is 5.91 Å². The number of carbonyl (C=O) groups is 1. The monoisotopic (exact) mass is 214 g/mol. The molecule has 1 saturated carbocycles. The van der Waals surface area contributed by atoms with Gasteiger partial charge in [0, 0.05) is 13.6 Å². The highest BCUT2D eigenvalue weighted by Crippen LogP contribution is 2.31. The van der Waals surface area contributed by atoms with E-state index in [1.807, 2.05) is 0 Å². The van der Waals surface area contributed by atoms with Gasteiger partial charge in [-0.2, -0.15) is 0 Å². The molecule has 1 aliphatic carbocycles. The molecule has 1 aliphatic rings. The first kappa shape index (κ1) is 12.5. The van der Waals surface area contributed by atoms with Gasteiger partial charge in [0.1, 0.15) is 6.10 Å². The Morgan fingerprint density at radius 1 is 1.47 bits per heavy atom. The van der Waals surface area contributed by atoms with Crippen LogP contribution in [0, 0.1) is 0 Å². The minimum atomic E-state index is -0.406. The Balaban J connectivity index is 2.54. The maximum Gasteiger partial charge on any atom is 0.248 e. The smallest absolute Gasteiger partial charge is 0.248 e. The minimum Gasteiger partial charge on any atom is -0.361 e. The van der Waals surface area contributed by atoms with Crippen molar-refractivity contribution in [2.75, 3.05) is 13.6 Å². The van der Waals surface area contributed by atoms with E-state index in [9.17, 15) is 4.79 Å². The van der Waals surface area contributed by atoms with E-state index in [2.05, 4.69) is 5.32 Å². The summed E-state index contributed by atoms with van der Waals surface area (Å²) in [7, 11) is 1.62. The summed E-state index contributed by atoms with van der Waals surface area (Å²) in [6.07, 6.45) is 5.10. The van der Waals surface area contributed by atoms with Crippen molar-refractivity contribution in [1.29, 1.82) is 0 Å². The van der Waals surface area contributed by atoms with Gasteiger partial charge in [0.15, 0.2) is 0 Å². The lowest BCUT2D eigenvalue weighted by atomic mass is 9.84. The molecular formula is C11H22N2O2. The molecule has 4 heteroatoms. The standard InChI is InChI=1S/C11H22N2O2/c1-9(10(14)13-2)15-11(8-12)6-4-3-5-7-11/h9H,3-8,12H2,1-2H3,(H,13,14). The first-order chi connectivity index (χ1) is 7.13. The Labute approximate surface area is 91.5 Å². The maximum atomic E-state index is 11.4. The Morgan fingerprint density at radius 2 is 2.07 bits per heavy atom. The molecule has 0 heterocycles. The van der Waals surface area contributed by atoms with Gasteiger partial charge in [-0.05, 0) is 19.8 Å². The Hall–Kier alpha value is -0.610. The quantitative estimate of drug-likeness (QED) is 0.727. The second kappa shape index (κ2) is 5.47. The Bertz CT molecular complexity index is 213. The number of nitrogens with one attached hydrogen (secondary N) is 1. The topological polar surface area (TPSA) is 64.3 Å². The zero-order valence-electron chi connectivity index (χ0n) is 9.71. The van der Waals surface area contributed by atoms with Crippen molar-refractivity contribution in [3.63, 3.8) is 0 Å². The molecule has 0 radical (unpaired) electrons. The summed E-state index contributed by atoms with van der Waals surface area (Å²) in [6, 6.07) is 0. The zero-order valence-corrected chi connectivity index (χ0v) is 9.71. The maximum absolute atomic E-state index is 11.4. The lowest BCUT2D eigenvalue weighted by Crippen LogP contribution is -2.47. The van der Waals surface area contributed by atoms with Gasteiger partial charge < -0.3 is 15.8 Å². The molecule has 1 unspecified atom stereocenters. The van der Waals surface area contributed by atoms with Crippen molar-refractivity contribution in [1.82, 2.24) is 5.32 Å². The molecule has 0 aromatic heterocycles. The fourth-order valence-corrected chi connectivity index (χ4v) is 2.20. The molecule has 1 fully saturated rings. The summed E-state index contributed by atoms with van der Waals surface area (Å²) < 4.78 is 5.84.